The van der Waals surface area contributed by atoms with Crippen molar-refractivity contribution in [3.8, 4) is 16.9 Å². The van der Waals surface area contributed by atoms with E-state index in [9.17, 15) is 4.79 Å². The van der Waals surface area contributed by atoms with Gasteiger partial charge in [-0.05, 0) is 29.7 Å². The minimum absolute atomic E-state index is 0.175. The summed E-state index contributed by atoms with van der Waals surface area (Å²) in [5.74, 6) is 0.435. The second-order valence-corrected chi connectivity index (χ2v) is 6.95. The minimum atomic E-state index is -0.181. The number of thioether (sulfide) groups is 1. The van der Waals surface area contributed by atoms with E-state index in [0.29, 0.717) is 5.75 Å². The average molecular weight is 332 g/mol. The molecule has 118 valence electrons. The third-order valence-corrected chi connectivity index (χ3v) is 5.39. The van der Waals surface area contributed by atoms with E-state index in [1.165, 1.54) is 10.5 Å². The molecule has 0 fully saturated rings. The molecule has 24 heavy (non-hydrogen) atoms. The van der Waals surface area contributed by atoms with E-state index in [0.717, 1.165) is 17.5 Å². The molecule has 0 aliphatic carbocycles. The van der Waals surface area contributed by atoms with Gasteiger partial charge in [0.15, 0.2) is 0 Å². The molecule has 0 aromatic heterocycles. The Morgan fingerprint density at radius 3 is 2.42 bits per heavy atom. The number of carbonyl (C=O) groups is 1. The fourth-order valence-corrected chi connectivity index (χ4v) is 4.07. The molecule has 3 aromatic carbocycles. The smallest absolute Gasteiger partial charge is 0.325 e. The van der Waals surface area contributed by atoms with Crippen LogP contribution in [0.4, 0.5) is 0 Å². The molecule has 3 heteroatoms. The molecule has 0 radical (unpaired) electrons. The van der Waals surface area contributed by atoms with Crippen molar-refractivity contribution in [1.29, 1.82) is 0 Å². The number of rotatable bonds is 3. The number of fused-ring (bicyclic) bond motifs is 1. The van der Waals surface area contributed by atoms with E-state index in [1.807, 2.05) is 66.7 Å². The maximum absolute atomic E-state index is 12.6. The van der Waals surface area contributed by atoms with Gasteiger partial charge in [-0.15, -0.1) is 11.8 Å². The SMILES string of the molecule is O=C(Oc1ccccc1-c1ccccc1)[C@@H]1Cc2ccccc2S1. The van der Waals surface area contributed by atoms with E-state index in [1.54, 1.807) is 11.8 Å². The molecule has 2 nitrogen and oxygen atoms in total. The van der Waals surface area contributed by atoms with Gasteiger partial charge in [0.05, 0.1) is 0 Å². The number of ether oxygens (including phenoxy) is 1. The molecule has 1 heterocycles. The summed E-state index contributed by atoms with van der Waals surface area (Å²) < 4.78 is 5.76. The summed E-state index contributed by atoms with van der Waals surface area (Å²) in [6, 6.07) is 25.8. The highest BCUT2D eigenvalue weighted by Gasteiger charge is 2.30. The van der Waals surface area contributed by atoms with Crippen LogP contribution < -0.4 is 4.74 Å². The van der Waals surface area contributed by atoms with Crippen molar-refractivity contribution < 1.29 is 9.53 Å². The first-order valence-corrected chi connectivity index (χ1v) is 8.80. The highest BCUT2D eigenvalue weighted by Crippen LogP contribution is 2.38. The van der Waals surface area contributed by atoms with E-state index in [4.69, 9.17) is 4.74 Å². The van der Waals surface area contributed by atoms with Crippen molar-refractivity contribution in [1.82, 2.24) is 0 Å². The predicted octanol–water partition coefficient (Wildman–Crippen LogP) is 4.98. The molecule has 0 saturated carbocycles. The Balaban J connectivity index is 1.56. The molecule has 4 rings (SSSR count). The van der Waals surface area contributed by atoms with E-state index >= 15 is 0 Å². The Bertz CT molecular complexity index is 849. The third kappa shape index (κ3) is 2.95. The van der Waals surface area contributed by atoms with Crippen LogP contribution in [0.15, 0.2) is 83.8 Å². The van der Waals surface area contributed by atoms with Gasteiger partial charge in [0.1, 0.15) is 11.0 Å². The zero-order valence-electron chi connectivity index (χ0n) is 13.0. The number of carbonyl (C=O) groups excluding carboxylic acids is 1. The Kier molecular flexibility index (Phi) is 4.09. The van der Waals surface area contributed by atoms with Crippen LogP contribution >= 0.6 is 11.8 Å². The van der Waals surface area contributed by atoms with Crippen LogP contribution in [-0.4, -0.2) is 11.2 Å². The lowest BCUT2D eigenvalue weighted by molar-refractivity contribution is -0.133. The van der Waals surface area contributed by atoms with Crippen molar-refractivity contribution in [2.75, 3.05) is 0 Å². The molecule has 0 bridgehead atoms. The summed E-state index contributed by atoms with van der Waals surface area (Å²) in [6.45, 7) is 0. The van der Waals surface area contributed by atoms with Gasteiger partial charge in [-0.25, -0.2) is 0 Å². The molecule has 0 spiro atoms. The first-order chi connectivity index (χ1) is 11.8. The summed E-state index contributed by atoms with van der Waals surface area (Å²) in [6.07, 6.45) is 0.729. The van der Waals surface area contributed by atoms with Gasteiger partial charge in [0, 0.05) is 10.5 Å². The third-order valence-electron chi connectivity index (χ3n) is 4.09. The second-order valence-electron chi connectivity index (χ2n) is 5.70. The van der Waals surface area contributed by atoms with Crippen LogP contribution in [0.3, 0.4) is 0 Å². The molecule has 1 atom stereocenters. The van der Waals surface area contributed by atoms with Gasteiger partial charge < -0.3 is 4.74 Å². The van der Waals surface area contributed by atoms with Gasteiger partial charge in [-0.3, -0.25) is 4.79 Å². The lowest BCUT2D eigenvalue weighted by Gasteiger charge is -2.12. The largest absolute Gasteiger partial charge is 0.425 e. The van der Waals surface area contributed by atoms with E-state index in [2.05, 4.69) is 12.1 Å². The highest BCUT2D eigenvalue weighted by molar-refractivity contribution is 8.01. The topological polar surface area (TPSA) is 26.3 Å². The molecule has 0 N–H and O–H groups in total. The van der Waals surface area contributed by atoms with Crippen molar-refractivity contribution in [2.45, 2.75) is 16.6 Å². The van der Waals surface area contributed by atoms with Gasteiger partial charge in [-0.2, -0.15) is 0 Å². The van der Waals surface area contributed by atoms with E-state index in [-0.39, 0.29) is 11.2 Å². The van der Waals surface area contributed by atoms with Crippen LogP contribution in [0.5, 0.6) is 5.75 Å². The Morgan fingerprint density at radius 2 is 1.58 bits per heavy atom. The monoisotopic (exact) mass is 332 g/mol. The molecule has 0 saturated heterocycles. The number of benzene rings is 3. The van der Waals surface area contributed by atoms with Crippen molar-refractivity contribution >= 4 is 17.7 Å². The number of hydrogen-bond acceptors (Lipinski definition) is 3. The fourth-order valence-electron chi connectivity index (χ4n) is 2.90. The maximum Gasteiger partial charge on any atom is 0.325 e. The summed E-state index contributed by atoms with van der Waals surface area (Å²) in [4.78, 5) is 13.8. The maximum atomic E-state index is 12.6. The Labute approximate surface area is 145 Å². The first kappa shape index (κ1) is 15.0. The Morgan fingerprint density at radius 1 is 0.875 bits per heavy atom. The first-order valence-electron chi connectivity index (χ1n) is 7.92. The fraction of sp³-hybridized carbons (Fsp3) is 0.0952. The van der Waals surface area contributed by atoms with Crippen LogP contribution in [0.25, 0.3) is 11.1 Å². The van der Waals surface area contributed by atoms with E-state index < -0.39 is 0 Å². The number of para-hydroxylation sites is 1. The van der Waals surface area contributed by atoms with Crippen LogP contribution in [-0.2, 0) is 11.2 Å². The normalized spacial score (nSPS) is 15.8. The molecule has 0 amide bonds. The Hall–Kier alpha value is -2.52. The van der Waals surface area contributed by atoms with Gasteiger partial charge in [0.2, 0.25) is 0 Å². The van der Waals surface area contributed by atoms with Crippen LogP contribution in [0.2, 0.25) is 0 Å². The summed E-state index contributed by atoms with van der Waals surface area (Å²) >= 11 is 1.59. The molecule has 0 unspecified atom stereocenters. The number of esters is 1. The zero-order chi connectivity index (χ0) is 16.4. The van der Waals surface area contributed by atoms with Gasteiger partial charge in [-0.1, -0.05) is 66.7 Å². The van der Waals surface area contributed by atoms with Crippen molar-refractivity contribution in [2.24, 2.45) is 0 Å². The average Bonchev–Trinajstić information content (AvgIpc) is 3.07. The molecule has 3 aromatic rings. The lowest BCUT2D eigenvalue weighted by Crippen LogP contribution is -2.22. The molecule has 1 aliphatic rings. The summed E-state index contributed by atoms with van der Waals surface area (Å²) in [5.41, 5.74) is 3.20. The van der Waals surface area contributed by atoms with Crippen molar-refractivity contribution in [3.05, 3.63) is 84.4 Å². The quantitative estimate of drug-likeness (QED) is 0.500. The zero-order valence-corrected chi connectivity index (χ0v) is 13.8. The predicted molar refractivity (Wildman–Crippen MR) is 97.3 cm³/mol. The summed E-state index contributed by atoms with van der Waals surface area (Å²) in [5, 5.41) is -0.175. The molecule has 1 aliphatic heterocycles. The van der Waals surface area contributed by atoms with Crippen LogP contribution in [0.1, 0.15) is 5.56 Å². The number of hydrogen-bond donors (Lipinski definition) is 0. The standard InChI is InChI=1S/C21H16O2S/c22-21(20-14-16-10-4-7-13-19(16)24-20)23-18-12-6-5-11-17(18)15-8-2-1-3-9-15/h1-13,20H,14H2/t20-/m0/s1. The van der Waals surface area contributed by atoms with Gasteiger partial charge in [0.25, 0.3) is 0 Å². The lowest BCUT2D eigenvalue weighted by atomic mass is 10.0. The summed E-state index contributed by atoms with van der Waals surface area (Å²) in [7, 11) is 0. The highest BCUT2D eigenvalue weighted by atomic mass is 32.2. The molecular formula is C21H16O2S. The second kappa shape index (κ2) is 6.54. The molecular weight excluding hydrogens is 316 g/mol. The van der Waals surface area contributed by atoms with Crippen LogP contribution in [0, 0.1) is 0 Å². The van der Waals surface area contributed by atoms with Gasteiger partial charge >= 0.3 is 5.97 Å². The van der Waals surface area contributed by atoms with Crippen molar-refractivity contribution in [3.63, 3.8) is 0 Å². The minimum Gasteiger partial charge on any atom is -0.425 e.